The van der Waals surface area contributed by atoms with Gasteiger partial charge >= 0.3 is 0 Å². The van der Waals surface area contributed by atoms with Gasteiger partial charge in [-0.2, -0.15) is 0 Å². The van der Waals surface area contributed by atoms with Crippen LogP contribution in [-0.4, -0.2) is 0 Å². The fourth-order valence-corrected chi connectivity index (χ4v) is 2.16. The van der Waals surface area contributed by atoms with Gasteiger partial charge in [0.15, 0.2) is 0 Å². The van der Waals surface area contributed by atoms with Gasteiger partial charge in [0.2, 0.25) is 0 Å². The van der Waals surface area contributed by atoms with Crippen LogP contribution in [-0.2, 0) is 0 Å². The van der Waals surface area contributed by atoms with Gasteiger partial charge in [-0.1, -0.05) is 35.3 Å². The van der Waals surface area contributed by atoms with Crippen molar-refractivity contribution < 1.29 is 4.39 Å². The molecule has 0 spiro atoms. The Balaban J connectivity index is 2.42. The van der Waals surface area contributed by atoms with Gasteiger partial charge in [-0.25, -0.2) is 4.39 Å². The van der Waals surface area contributed by atoms with E-state index in [4.69, 9.17) is 28.9 Å². The van der Waals surface area contributed by atoms with Crippen LogP contribution in [0.3, 0.4) is 0 Å². The molecule has 18 heavy (non-hydrogen) atoms. The van der Waals surface area contributed by atoms with E-state index in [1.54, 1.807) is 25.1 Å². The Morgan fingerprint density at radius 1 is 1.11 bits per heavy atom. The van der Waals surface area contributed by atoms with Crippen molar-refractivity contribution >= 4 is 23.2 Å². The molecule has 94 valence electrons. The molecule has 0 saturated carbocycles. The lowest BCUT2D eigenvalue weighted by Crippen LogP contribution is -2.12. The fraction of sp³-hybridized carbons (Fsp3) is 0.143. The highest BCUT2D eigenvalue weighted by atomic mass is 35.5. The fourth-order valence-electron chi connectivity index (χ4n) is 1.77. The number of hydrogen-bond acceptors (Lipinski definition) is 1. The van der Waals surface area contributed by atoms with Gasteiger partial charge in [0.05, 0.1) is 6.04 Å². The van der Waals surface area contributed by atoms with E-state index >= 15 is 0 Å². The summed E-state index contributed by atoms with van der Waals surface area (Å²) in [5.74, 6) is -0.327. The highest BCUT2D eigenvalue weighted by Gasteiger charge is 2.14. The Morgan fingerprint density at radius 2 is 1.72 bits per heavy atom. The Bertz CT molecular complexity index is 567. The maximum absolute atomic E-state index is 13.3. The molecule has 1 atom stereocenters. The van der Waals surface area contributed by atoms with Gasteiger partial charge in [0.25, 0.3) is 0 Å². The van der Waals surface area contributed by atoms with Crippen LogP contribution < -0.4 is 5.73 Å². The molecule has 2 aromatic carbocycles. The first-order valence-electron chi connectivity index (χ1n) is 5.45. The van der Waals surface area contributed by atoms with Gasteiger partial charge in [0, 0.05) is 10.0 Å². The van der Waals surface area contributed by atoms with E-state index in [9.17, 15) is 4.39 Å². The molecule has 0 bridgehead atoms. The molecule has 1 nitrogen and oxygen atoms in total. The van der Waals surface area contributed by atoms with Crippen LogP contribution in [0.15, 0.2) is 36.4 Å². The van der Waals surface area contributed by atoms with Gasteiger partial charge in [0.1, 0.15) is 5.82 Å². The molecule has 4 heteroatoms. The number of nitrogens with two attached hydrogens (primary N) is 1. The third-order valence-corrected chi connectivity index (χ3v) is 3.42. The quantitative estimate of drug-likeness (QED) is 0.864. The number of halogens is 3. The molecule has 2 aromatic rings. The SMILES string of the molecule is Cc1cc(C(N)c2ccc(Cl)cc2)c(Cl)cc1F. The minimum absolute atomic E-state index is 0.327. The molecule has 0 aliphatic rings. The van der Waals surface area contributed by atoms with Gasteiger partial charge < -0.3 is 5.73 Å². The summed E-state index contributed by atoms with van der Waals surface area (Å²) in [6, 6.07) is 9.78. The standard InChI is InChI=1S/C14H12Cl2FN/c1-8-6-11(12(16)7-13(8)17)14(18)9-2-4-10(15)5-3-9/h2-7,14H,18H2,1H3. The molecule has 0 saturated heterocycles. The summed E-state index contributed by atoms with van der Waals surface area (Å²) in [7, 11) is 0. The molecule has 0 heterocycles. The Hall–Kier alpha value is -1.09. The molecular formula is C14H12Cl2FN. The maximum atomic E-state index is 13.3. The molecule has 0 aliphatic heterocycles. The summed E-state index contributed by atoms with van der Waals surface area (Å²) in [6.07, 6.45) is 0. The Labute approximate surface area is 115 Å². The summed E-state index contributed by atoms with van der Waals surface area (Å²) in [5, 5.41) is 0.980. The van der Waals surface area contributed by atoms with E-state index < -0.39 is 6.04 Å². The van der Waals surface area contributed by atoms with E-state index in [2.05, 4.69) is 0 Å². The van der Waals surface area contributed by atoms with Crippen LogP contribution in [0.25, 0.3) is 0 Å². The van der Waals surface area contributed by atoms with E-state index in [0.717, 1.165) is 5.56 Å². The predicted molar refractivity (Wildman–Crippen MR) is 73.6 cm³/mol. The molecule has 0 radical (unpaired) electrons. The van der Waals surface area contributed by atoms with Crippen molar-refractivity contribution in [3.63, 3.8) is 0 Å². The summed E-state index contributed by atoms with van der Waals surface area (Å²) in [5.41, 5.74) is 8.25. The third kappa shape index (κ3) is 2.66. The Morgan fingerprint density at radius 3 is 2.33 bits per heavy atom. The van der Waals surface area contributed by atoms with E-state index in [-0.39, 0.29) is 5.82 Å². The second kappa shape index (κ2) is 5.27. The van der Waals surface area contributed by atoms with E-state index in [1.807, 2.05) is 12.1 Å². The third-order valence-electron chi connectivity index (χ3n) is 2.84. The van der Waals surface area contributed by atoms with Crippen LogP contribution in [0.1, 0.15) is 22.7 Å². The smallest absolute Gasteiger partial charge is 0.127 e. The van der Waals surface area contributed by atoms with Crippen LogP contribution in [0.2, 0.25) is 10.0 Å². The van der Waals surface area contributed by atoms with E-state index in [1.165, 1.54) is 6.07 Å². The monoisotopic (exact) mass is 283 g/mol. The summed E-state index contributed by atoms with van der Waals surface area (Å²) in [4.78, 5) is 0. The second-order valence-electron chi connectivity index (χ2n) is 4.15. The van der Waals surface area contributed by atoms with Crippen molar-refractivity contribution in [2.75, 3.05) is 0 Å². The van der Waals surface area contributed by atoms with Gasteiger partial charge in [-0.3, -0.25) is 0 Å². The molecular weight excluding hydrogens is 272 g/mol. The zero-order chi connectivity index (χ0) is 13.3. The van der Waals surface area contributed by atoms with Crippen LogP contribution in [0.5, 0.6) is 0 Å². The van der Waals surface area contributed by atoms with Crippen LogP contribution in [0.4, 0.5) is 4.39 Å². The average Bonchev–Trinajstić information content (AvgIpc) is 2.34. The molecule has 0 aliphatic carbocycles. The van der Waals surface area contributed by atoms with Crippen molar-refractivity contribution in [3.8, 4) is 0 Å². The lowest BCUT2D eigenvalue weighted by Gasteiger charge is -2.15. The zero-order valence-electron chi connectivity index (χ0n) is 9.75. The molecule has 0 aromatic heterocycles. The minimum atomic E-state index is -0.394. The largest absolute Gasteiger partial charge is 0.320 e. The van der Waals surface area contributed by atoms with E-state index in [0.29, 0.717) is 21.2 Å². The lowest BCUT2D eigenvalue weighted by molar-refractivity contribution is 0.617. The minimum Gasteiger partial charge on any atom is -0.320 e. The van der Waals surface area contributed by atoms with Crippen molar-refractivity contribution in [2.45, 2.75) is 13.0 Å². The van der Waals surface area contributed by atoms with Crippen molar-refractivity contribution in [1.82, 2.24) is 0 Å². The summed E-state index contributed by atoms with van der Waals surface area (Å²) in [6.45, 7) is 1.68. The van der Waals surface area contributed by atoms with Gasteiger partial charge in [-0.15, -0.1) is 0 Å². The number of hydrogen-bond donors (Lipinski definition) is 1. The normalized spacial score (nSPS) is 12.5. The predicted octanol–water partition coefficient (Wildman–Crippen LogP) is 4.49. The molecule has 2 rings (SSSR count). The summed E-state index contributed by atoms with van der Waals surface area (Å²) < 4.78 is 13.3. The second-order valence-corrected chi connectivity index (χ2v) is 5.00. The summed E-state index contributed by atoms with van der Waals surface area (Å²) >= 11 is 11.9. The van der Waals surface area contributed by atoms with Crippen molar-refractivity contribution in [2.24, 2.45) is 5.73 Å². The van der Waals surface area contributed by atoms with Crippen LogP contribution >= 0.6 is 23.2 Å². The maximum Gasteiger partial charge on any atom is 0.127 e. The van der Waals surface area contributed by atoms with Crippen molar-refractivity contribution in [1.29, 1.82) is 0 Å². The van der Waals surface area contributed by atoms with Crippen LogP contribution in [0, 0.1) is 12.7 Å². The number of benzene rings is 2. The highest BCUT2D eigenvalue weighted by Crippen LogP contribution is 2.29. The molecule has 0 fully saturated rings. The molecule has 2 N–H and O–H groups in total. The first-order chi connectivity index (χ1) is 8.49. The Kier molecular flexibility index (Phi) is 3.91. The number of aryl methyl sites for hydroxylation is 1. The van der Waals surface area contributed by atoms with Gasteiger partial charge in [-0.05, 0) is 47.9 Å². The van der Waals surface area contributed by atoms with Crippen molar-refractivity contribution in [3.05, 3.63) is 69.0 Å². The first-order valence-corrected chi connectivity index (χ1v) is 6.21. The lowest BCUT2D eigenvalue weighted by atomic mass is 9.98. The highest BCUT2D eigenvalue weighted by molar-refractivity contribution is 6.31. The first kappa shape index (κ1) is 13.3. The number of rotatable bonds is 2. The topological polar surface area (TPSA) is 26.0 Å². The average molecular weight is 284 g/mol. The molecule has 0 amide bonds. The zero-order valence-corrected chi connectivity index (χ0v) is 11.3. The molecule has 1 unspecified atom stereocenters.